The van der Waals surface area contributed by atoms with Crippen molar-refractivity contribution in [2.75, 3.05) is 26.2 Å². The molecule has 16 heavy (non-hydrogen) atoms. The van der Waals surface area contributed by atoms with E-state index in [1.165, 1.54) is 0 Å². The molecule has 2 saturated heterocycles. The van der Waals surface area contributed by atoms with Gasteiger partial charge < -0.3 is 15.6 Å². The first-order valence-corrected chi connectivity index (χ1v) is 5.95. The van der Waals surface area contributed by atoms with Gasteiger partial charge in [-0.15, -0.1) is 0 Å². The maximum Gasteiger partial charge on any atom is 0.231 e. The molecule has 1 amide bonds. The molecule has 0 aromatic carbocycles. The van der Waals surface area contributed by atoms with Gasteiger partial charge in [-0.2, -0.15) is 0 Å². The molecule has 2 aliphatic heterocycles. The van der Waals surface area contributed by atoms with Crippen LogP contribution in [0.3, 0.4) is 0 Å². The van der Waals surface area contributed by atoms with Gasteiger partial charge in [0.05, 0.1) is 18.2 Å². The molecule has 0 bridgehead atoms. The molecule has 2 fully saturated rings. The summed E-state index contributed by atoms with van der Waals surface area (Å²) in [6.45, 7) is 2.61. The van der Waals surface area contributed by atoms with Crippen LogP contribution in [0.5, 0.6) is 0 Å². The van der Waals surface area contributed by atoms with E-state index in [0.717, 1.165) is 45.4 Å². The SMILES string of the molecule is NC(=O)CN1CCC2(CC1)OCCC[C@@H]2O. The molecule has 0 unspecified atom stereocenters. The molecule has 5 nitrogen and oxygen atoms in total. The van der Waals surface area contributed by atoms with Crippen LogP contribution in [0.1, 0.15) is 25.7 Å². The van der Waals surface area contributed by atoms with Crippen molar-refractivity contribution in [1.29, 1.82) is 0 Å². The third-order valence-electron chi connectivity index (χ3n) is 3.70. The van der Waals surface area contributed by atoms with Crippen LogP contribution in [0, 0.1) is 0 Å². The highest BCUT2D eigenvalue weighted by Crippen LogP contribution is 2.34. The van der Waals surface area contributed by atoms with Crippen molar-refractivity contribution in [3.63, 3.8) is 0 Å². The lowest BCUT2D eigenvalue weighted by Gasteiger charge is -2.46. The Bertz CT molecular complexity index is 262. The quantitative estimate of drug-likeness (QED) is 0.666. The van der Waals surface area contributed by atoms with E-state index in [2.05, 4.69) is 0 Å². The summed E-state index contributed by atoms with van der Waals surface area (Å²) in [4.78, 5) is 12.8. The summed E-state index contributed by atoms with van der Waals surface area (Å²) in [5.74, 6) is -0.291. The number of aliphatic hydroxyl groups is 1. The average Bonchev–Trinajstić information content (AvgIpc) is 2.25. The number of aliphatic hydroxyl groups excluding tert-OH is 1. The molecular formula is C11H20N2O3. The van der Waals surface area contributed by atoms with Crippen molar-refractivity contribution in [1.82, 2.24) is 4.90 Å². The highest BCUT2D eigenvalue weighted by atomic mass is 16.5. The number of nitrogens with two attached hydrogens (primary N) is 1. The van der Waals surface area contributed by atoms with E-state index in [4.69, 9.17) is 10.5 Å². The summed E-state index contributed by atoms with van der Waals surface area (Å²) in [6.07, 6.45) is 3.00. The summed E-state index contributed by atoms with van der Waals surface area (Å²) >= 11 is 0. The second-order valence-electron chi connectivity index (χ2n) is 4.81. The van der Waals surface area contributed by atoms with E-state index < -0.39 is 0 Å². The number of rotatable bonds is 2. The molecule has 2 aliphatic rings. The highest BCUT2D eigenvalue weighted by molar-refractivity contribution is 5.75. The van der Waals surface area contributed by atoms with Gasteiger partial charge in [0.15, 0.2) is 0 Å². The molecule has 5 heteroatoms. The first-order valence-electron chi connectivity index (χ1n) is 5.95. The van der Waals surface area contributed by atoms with E-state index in [1.807, 2.05) is 4.90 Å². The molecule has 0 saturated carbocycles. The van der Waals surface area contributed by atoms with Crippen molar-refractivity contribution in [3.05, 3.63) is 0 Å². The fourth-order valence-electron chi connectivity index (χ4n) is 2.70. The van der Waals surface area contributed by atoms with Crippen LogP contribution < -0.4 is 5.73 Å². The highest BCUT2D eigenvalue weighted by Gasteiger charge is 2.43. The average molecular weight is 228 g/mol. The Labute approximate surface area is 95.5 Å². The van der Waals surface area contributed by atoms with Gasteiger partial charge >= 0.3 is 0 Å². The zero-order valence-corrected chi connectivity index (χ0v) is 9.52. The smallest absolute Gasteiger partial charge is 0.231 e. The Kier molecular flexibility index (Phi) is 3.47. The molecule has 2 rings (SSSR count). The summed E-state index contributed by atoms with van der Waals surface area (Å²) in [6, 6.07) is 0. The number of hydrogen-bond donors (Lipinski definition) is 2. The van der Waals surface area contributed by atoms with Crippen LogP contribution in [-0.2, 0) is 9.53 Å². The molecule has 0 aliphatic carbocycles. The topological polar surface area (TPSA) is 75.8 Å². The first-order chi connectivity index (χ1) is 7.62. The van der Waals surface area contributed by atoms with Crippen LogP contribution >= 0.6 is 0 Å². The molecule has 3 N–H and O–H groups in total. The van der Waals surface area contributed by atoms with Crippen LogP contribution in [0.4, 0.5) is 0 Å². The van der Waals surface area contributed by atoms with Crippen molar-refractivity contribution >= 4 is 5.91 Å². The minimum absolute atomic E-state index is 0.291. The van der Waals surface area contributed by atoms with Crippen LogP contribution in [0.15, 0.2) is 0 Å². The van der Waals surface area contributed by atoms with Gasteiger partial charge in [0.25, 0.3) is 0 Å². The minimum Gasteiger partial charge on any atom is -0.390 e. The maximum atomic E-state index is 10.8. The summed E-state index contributed by atoms with van der Waals surface area (Å²) < 4.78 is 5.78. The summed E-state index contributed by atoms with van der Waals surface area (Å²) in [7, 11) is 0. The second kappa shape index (κ2) is 4.69. The van der Waals surface area contributed by atoms with Crippen LogP contribution in [0.2, 0.25) is 0 Å². The van der Waals surface area contributed by atoms with E-state index in [1.54, 1.807) is 0 Å². The fraction of sp³-hybridized carbons (Fsp3) is 0.909. The molecule has 1 atom stereocenters. The van der Waals surface area contributed by atoms with E-state index in [0.29, 0.717) is 6.54 Å². The minimum atomic E-state index is -0.355. The van der Waals surface area contributed by atoms with Crippen LogP contribution in [0.25, 0.3) is 0 Å². The first kappa shape index (κ1) is 11.8. The van der Waals surface area contributed by atoms with Gasteiger partial charge in [-0.3, -0.25) is 9.69 Å². The number of nitrogens with zero attached hydrogens (tertiary/aromatic N) is 1. The van der Waals surface area contributed by atoms with Crippen LogP contribution in [-0.4, -0.2) is 53.9 Å². The number of ether oxygens (including phenoxy) is 1. The van der Waals surface area contributed by atoms with Crippen molar-refractivity contribution in [3.8, 4) is 0 Å². The van der Waals surface area contributed by atoms with Gasteiger partial charge in [-0.05, 0) is 25.7 Å². The number of amides is 1. The Hall–Kier alpha value is -0.650. The van der Waals surface area contributed by atoms with Gasteiger partial charge in [-0.25, -0.2) is 0 Å². The van der Waals surface area contributed by atoms with Crippen molar-refractivity contribution < 1.29 is 14.6 Å². The van der Waals surface area contributed by atoms with E-state index >= 15 is 0 Å². The van der Waals surface area contributed by atoms with E-state index in [-0.39, 0.29) is 17.6 Å². The number of likely N-dealkylation sites (tertiary alicyclic amines) is 1. The molecule has 1 spiro atoms. The molecular weight excluding hydrogens is 208 g/mol. The predicted molar refractivity (Wildman–Crippen MR) is 58.8 cm³/mol. The zero-order chi connectivity index (χ0) is 11.6. The molecule has 0 aromatic heterocycles. The second-order valence-corrected chi connectivity index (χ2v) is 4.81. The number of hydrogen-bond acceptors (Lipinski definition) is 4. The standard InChI is InChI=1S/C11H20N2O3/c12-10(15)8-13-5-3-11(4-6-13)9(14)2-1-7-16-11/h9,14H,1-8H2,(H2,12,15)/t9-/m0/s1. The monoisotopic (exact) mass is 228 g/mol. The zero-order valence-electron chi connectivity index (χ0n) is 9.52. The Morgan fingerprint density at radius 3 is 2.75 bits per heavy atom. The molecule has 92 valence electrons. The third-order valence-corrected chi connectivity index (χ3v) is 3.70. The van der Waals surface area contributed by atoms with Crippen molar-refractivity contribution in [2.24, 2.45) is 5.73 Å². The number of carbonyl (C=O) groups excluding carboxylic acids is 1. The maximum absolute atomic E-state index is 10.8. The Balaban J connectivity index is 1.90. The fourth-order valence-corrected chi connectivity index (χ4v) is 2.70. The van der Waals surface area contributed by atoms with Crippen molar-refractivity contribution in [2.45, 2.75) is 37.4 Å². The lowest BCUT2D eigenvalue weighted by molar-refractivity contribution is -0.177. The Morgan fingerprint density at radius 1 is 1.50 bits per heavy atom. The van der Waals surface area contributed by atoms with Gasteiger partial charge in [0, 0.05) is 19.7 Å². The summed E-state index contributed by atoms with van der Waals surface area (Å²) in [5, 5.41) is 10.0. The van der Waals surface area contributed by atoms with Gasteiger partial charge in [0.1, 0.15) is 0 Å². The largest absolute Gasteiger partial charge is 0.390 e. The van der Waals surface area contributed by atoms with Gasteiger partial charge in [0.2, 0.25) is 5.91 Å². The normalized spacial score (nSPS) is 30.4. The molecule has 0 aromatic rings. The molecule has 0 radical (unpaired) electrons. The molecule has 2 heterocycles. The number of primary amides is 1. The third kappa shape index (κ3) is 2.36. The lowest BCUT2D eigenvalue weighted by atomic mass is 9.82. The Morgan fingerprint density at radius 2 is 2.19 bits per heavy atom. The summed E-state index contributed by atoms with van der Waals surface area (Å²) in [5.41, 5.74) is 4.80. The van der Waals surface area contributed by atoms with Gasteiger partial charge in [-0.1, -0.05) is 0 Å². The lowest BCUT2D eigenvalue weighted by Crippen LogP contribution is -2.56. The van der Waals surface area contributed by atoms with E-state index in [9.17, 15) is 9.90 Å². The predicted octanol–water partition coefficient (Wildman–Crippen LogP) is -0.522. The number of piperidine rings is 1. The number of carbonyl (C=O) groups is 1.